The first-order valence-corrected chi connectivity index (χ1v) is 8.33. The number of benzene rings is 2. The Morgan fingerprint density at radius 1 is 1.15 bits per heavy atom. The van der Waals surface area contributed by atoms with Crippen LogP contribution in [0.4, 0.5) is 5.69 Å². The van der Waals surface area contributed by atoms with Crippen LogP contribution in [0.2, 0.25) is 0 Å². The molecule has 0 saturated carbocycles. The van der Waals surface area contributed by atoms with E-state index < -0.39 is 10.0 Å². The van der Waals surface area contributed by atoms with Crippen molar-refractivity contribution >= 4 is 31.6 Å². The van der Waals surface area contributed by atoms with Crippen LogP contribution in [0.15, 0.2) is 53.0 Å². The smallest absolute Gasteiger partial charge is 0.237 e. The Bertz CT molecular complexity index is 687. The fourth-order valence-corrected chi connectivity index (χ4v) is 3.32. The molecular formula is C14H14BrNO3S. The van der Waals surface area contributed by atoms with E-state index in [1.54, 1.807) is 30.3 Å². The number of anilines is 1. The van der Waals surface area contributed by atoms with Gasteiger partial charge in [-0.05, 0) is 23.8 Å². The molecule has 0 aliphatic heterocycles. The zero-order valence-corrected chi connectivity index (χ0v) is 13.2. The quantitative estimate of drug-likeness (QED) is 0.893. The van der Waals surface area contributed by atoms with E-state index in [0.29, 0.717) is 11.4 Å². The summed E-state index contributed by atoms with van der Waals surface area (Å²) in [6.45, 7) is 0. The summed E-state index contributed by atoms with van der Waals surface area (Å²) in [5.41, 5.74) is 1.15. The van der Waals surface area contributed by atoms with Gasteiger partial charge in [0.25, 0.3) is 0 Å². The highest BCUT2D eigenvalue weighted by atomic mass is 79.9. The molecule has 2 aromatic carbocycles. The van der Waals surface area contributed by atoms with E-state index in [4.69, 9.17) is 4.74 Å². The minimum atomic E-state index is -3.49. The average Bonchev–Trinajstić information content (AvgIpc) is 2.39. The summed E-state index contributed by atoms with van der Waals surface area (Å²) >= 11 is 3.31. The number of rotatable bonds is 5. The van der Waals surface area contributed by atoms with Crippen LogP contribution in [0.3, 0.4) is 0 Å². The summed E-state index contributed by atoms with van der Waals surface area (Å²) in [7, 11) is -1.99. The fraction of sp³-hybridized carbons (Fsp3) is 0.143. The molecule has 1 N–H and O–H groups in total. The third kappa shape index (κ3) is 3.98. The molecule has 20 heavy (non-hydrogen) atoms. The lowest BCUT2D eigenvalue weighted by Gasteiger charge is -2.12. The number of methoxy groups -OCH3 is 1. The summed E-state index contributed by atoms with van der Waals surface area (Å²) in [6, 6.07) is 14.2. The first kappa shape index (κ1) is 14.9. The molecule has 4 nitrogen and oxygen atoms in total. The van der Waals surface area contributed by atoms with Crippen LogP contribution in [-0.2, 0) is 15.8 Å². The van der Waals surface area contributed by atoms with Gasteiger partial charge in [-0.25, -0.2) is 8.42 Å². The van der Waals surface area contributed by atoms with Crippen molar-refractivity contribution in [2.45, 2.75) is 5.75 Å². The van der Waals surface area contributed by atoms with Crippen molar-refractivity contribution in [2.75, 3.05) is 11.8 Å². The van der Waals surface area contributed by atoms with E-state index in [-0.39, 0.29) is 5.75 Å². The first-order chi connectivity index (χ1) is 9.50. The molecule has 0 heterocycles. The minimum absolute atomic E-state index is 0.0799. The highest BCUT2D eigenvalue weighted by Crippen LogP contribution is 2.29. The highest BCUT2D eigenvalue weighted by molar-refractivity contribution is 9.10. The molecule has 0 aromatic heterocycles. The normalized spacial score (nSPS) is 11.1. The van der Waals surface area contributed by atoms with Crippen LogP contribution in [0.1, 0.15) is 5.56 Å². The monoisotopic (exact) mass is 355 g/mol. The zero-order chi connectivity index (χ0) is 14.6. The number of hydrogen-bond acceptors (Lipinski definition) is 3. The van der Waals surface area contributed by atoms with Crippen LogP contribution in [0.5, 0.6) is 5.75 Å². The van der Waals surface area contributed by atoms with E-state index in [9.17, 15) is 8.42 Å². The Morgan fingerprint density at radius 3 is 2.50 bits per heavy atom. The predicted octanol–water partition coefficient (Wildman–Crippen LogP) is 3.40. The molecule has 0 aliphatic rings. The lowest BCUT2D eigenvalue weighted by atomic mass is 10.2. The van der Waals surface area contributed by atoms with E-state index in [2.05, 4.69) is 20.7 Å². The number of halogens is 1. The zero-order valence-electron chi connectivity index (χ0n) is 10.8. The van der Waals surface area contributed by atoms with Gasteiger partial charge >= 0.3 is 0 Å². The molecule has 0 radical (unpaired) electrons. The molecule has 106 valence electrons. The van der Waals surface area contributed by atoms with Crippen molar-refractivity contribution in [3.05, 3.63) is 58.6 Å². The van der Waals surface area contributed by atoms with Gasteiger partial charge in [-0.1, -0.05) is 46.3 Å². The second kappa shape index (κ2) is 6.28. The Labute approximate surface area is 127 Å². The van der Waals surface area contributed by atoms with Crippen LogP contribution in [0.25, 0.3) is 0 Å². The van der Waals surface area contributed by atoms with Gasteiger partial charge in [-0.2, -0.15) is 0 Å². The topological polar surface area (TPSA) is 55.4 Å². The minimum Gasteiger partial charge on any atom is -0.495 e. The Morgan fingerprint density at radius 2 is 1.85 bits per heavy atom. The molecule has 2 rings (SSSR count). The van der Waals surface area contributed by atoms with E-state index in [1.165, 1.54) is 7.11 Å². The molecule has 0 spiro atoms. The first-order valence-electron chi connectivity index (χ1n) is 5.88. The molecule has 0 unspecified atom stereocenters. The van der Waals surface area contributed by atoms with Gasteiger partial charge in [0, 0.05) is 4.47 Å². The van der Waals surface area contributed by atoms with Crippen molar-refractivity contribution in [1.29, 1.82) is 0 Å². The lowest BCUT2D eigenvalue weighted by molar-refractivity contribution is 0.417. The Balaban J connectivity index is 2.22. The molecule has 0 bridgehead atoms. The molecule has 0 atom stereocenters. The number of nitrogens with one attached hydrogen (secondary N) is 1. The third-order valence-electron chi connectivity index (χ3n) is 2.63. The lowest BCUT2D eigenvalue weighted by Crippen LogP contribution is -2.15. The van der Waals surface area contributed by atoms with Crippen LogP contribution < -0.4 is 9.46 Å². The summed E-state index contributed by atoms with van der Waals surface area (Å²) in [5.74, 6) is 0.397. The van der Waals surface area contributed by atoms with Crippen molar-refractivity contribution in [2.24, 2.45) is 0 Å². The predicted molar refractivity (Wildman–Crippen MR) is 83.4 cm³/mol. The summed E-state index contributed by atoms with van der Waals surface area (Å²) in [5, 5.41) is 0. The van der Waals surface area contributed by atoms with Gasteiger partial charge in [0.1, 0.15) is 5.75 Å². The van der Waals surface area contributed by atoms with Crippen molar-refractivity contribution in [3.8, 4) is 5.75 Å². The van der Waals surface area contributed by atoms with Gasteiger partial charge in [-0.15, -0.1) is 0 Å². The SMILES string of the molecule is COc1ccc(Br)cc1NS(=O)(=O)Cc1ccccc1. The average molecular weight is 356 g/mol. The molecule has 0 fully saturated rings. The molecule has 6 heteroatoms. The molecular weight excluding hydrogens is 342 g/mol. The molecule has 0 aliphatic carbocycles. The van der Waals surface area contributed by atoms with Crippen LogP contribution in [0, 0.1) is 0 Å². The van der Waals surface area contributed by atoms with Gasteiger partial charge < -0.3 is 4.74 Å². The maximum absolute atomic E-state index is 12.2. The maximum Gasteiger partial charge on any atom is 0.237 e. The third-order valence-corrected chi connectivity index (χ3v) is 4.36. The fourth-order valence-electron chi connectivity index (χ4n) is 1.76. The van der Waals surface area contributed by atoms with Gasteiger partial charge in [0.2, 0.25) is 10.0 Å². The molecule has 0 amide bonds. The van der Waals surface area contributed by atoms with Crippen LogP contribution in [-0.4, -0.2) is 15.5 Å². The standard InChI is InChI=1S/C14H14BrNO3S/c1-19-14-8-7-12(15)9-13(14)16-20(17,18)10-11-5-3-2-4-6-11/h2-9,16H,10H2,1H3. The van der Waals surface area contributed by atoms with E-state index in [1.807, 2.05) is 18.2 Å². The van der Waals surface area contributed by atoms with Crippen LogP contribution >= 0.6 is 15.9 Å². The van der Waals surface area contributed by atoms with E-state index >= 15 is 0 Å². The van der Waals surface area contributed by atoms with Gasteiger partial charge in [-0.3, -0.25) is 4.72 Å². The highest BCUT2D eigenvalue weighted by Gasteiger charge is 2.14. The summed E-state index contributed by atoms with van der Waals surface area (Å²) in [6.07, 6.45) is 0. The van der Waals surface area contributed by atoms with Gasteiger partial charge in [0.05, 0.1) is 18.6 Å². The number of ether oxygens (including phenoxy) is 1. The second-order valence-corrected chi connectivity index (χ2v) is 6.83. The number of sulfonamides is 1. The maximum atomic E-state index is 12.2. The summed E-state index contributed by atoms with van der Waals surface area (Å²) < 4.78 is 32.8. The van der Waals surface area contributed by atoms with Crippen molar-refractivity contribution < 1.29 is 13.2 Å². The van der Waals surface area contributed by atoms with E-state index in [0.717, 1.165) is 10.0 Å². The summed E-state index contributed by atoms with van der Waals surface area (Å²) in [4.78, 5) is 0. The second-order valence-electron chi connectivity index (χ2n) is 4.19. The Kier molecular flexibility index (Phi) is 4.67. The molecule has 2 aromatic rings. The van der Waals surface area contributed by atoms with Crippen molar-refractivity contribution in [1.82, 2.24) is 0 Å². The van der Waals surface area contributed by atoms with Crippen molar-refractivity contribution in [3.63, 3.8) is 0 Å². The Hall–Kier alpha value is -1.53. The number of hydrogen-bond donors (Lipinski definition) is 1. The molecule has 0 saturated heterocycles. The van der Waals surface area contributed by atoms with Gasteiger partial charge in [0.15, 0.2) is 0 Å². The largest absolute Gasteiger partial charge is 0.495 e.